The molecule has 170 valence electrons. The normalized spacial score (nSPS) is 16.3. The number of nitrogens with one attached hydrogen (secondary N) is 1. The highest BCUT2D eigenvalue weighted by molar-refractivity contribution is 6.30. The standard InChI is InChI=1S/C23H26ClFN4O3/c1-3-4-20(27-15(2)26-17-8-11-32-12-9-17)21-7-10-29(23(31)28-21)22(14-30)16-5-6-18(24)19(25)13-16/h3-7,10,13,17,22,26,30H,2,8-9,11-12,14H2,1H3/b4-3-,27-20+. The van der Waals surface area contributed by atoms with Gasteiger partial charge in [-0.25, -0.2) is 14.2 Å². The second-order valence-electron chi connectivity index (χ2n) is 7.35. The summed E-state index contributed by atoms with van der Waals surface area (Å²) in [6, 6.07) is 5.20. The van der Waals surface area contributed by atoms with Gasteiger partial charge in [0.25, 0.3) is 0 Å². The third-order valence-electron chi connectivity index (χ3n) is 5.10. The molecule has 0 saturated carbocycles. The van der Waals surface area contributed by atoms with Crippen LogP contribution in [0.2, 0.25) is 5.02 Å². The summed E-state index contributed by atoms with van der Waals surface area (Å²) in [6.07, 6.45) is 6.78. The summed E-state index contributed by atoms with van der Waals surface area (Å²) in [7, 11) is 0. The maximum absolute atomic E-state index is 13.9. The Morgan fingerprint density at radius 2 is 2.22 bits per heavy atom. The van der Waals surface area contributed by atoms with E-state index in [1.165, 1.54) is 22.9 Å². The van der Waals surface area contributed by atoms with Crippen molar-refractivity contribution >= 4 is 17.3 Å². The van der Waals surface area contributed by atoms with Crippen LogP contribution in [-0.2, 0) is 4.74 Å². The van der Waals surface area contributed by atoms with Crippen LogP contribution in [0.4, 0.5) is 4.39 Å². The molecule has 1 aromatic heterocycles. The molecule has 0 bridgehead atoms. The number of nitrogens with zero attached hydrogens (tertiary/aromatic N) is 3. The quantitative estimate of drug-likeness (QED) is 0.590. The van der Waals surface area contributed by atoms with Crippen LogP contribution < -0.4 is 11.0 Å². The topological polar surface area (TPSA) is 88.7 Å². The molecule has 7 nitrogen and oxygen atoms in total. The molecule has 0 aliphatic carbocycles. The molecule has 0 spiro atoms. The van der Waals surface area contributed by atoms with Crippen LogP contribution in [0.25, 0.3) is 0 Å². The lowest BCUT2D eigenvalue weighted by molar-refractivity contribution is 0.0803. The van der Waals surface area contributed by atoms with E-state index in [2.05, 4.69) is 21.9 Å². The van der Waals surface area contributed by atoms with E-state index < -0.39 is 24.2 Å². The summed E-state index contributed by atoms with van der Waals surface area (Å²) in [4.78, 5) is 21.4. The minimum absolute atomic E-state index is 0.0342. The highest BCUT2D eigenvalue weighted by atomic mass is 35.5. The van der Waals surface area contributed by atoms with Gasteiger partial charge < -0.3 is 15.2 Å². The van der Waals surface area contributed by atoms with Crippen molar-refractivity contribution in [2.24, 2.45) is 4.99 Å². The lowest BCUT2D eigenvalue weighted by Gasteiger charge is -2.24. The largest absolute Gasteiger partial charge is 0.394 e. The van der Waals surface area contributed by atoms with Gasteiger partial charge in [-0.15, -0.1) is 0 Å². The van der Waals surface area contributed by atoms with Crippen molar-refractivity contribution in [3.63, 3.8) is 0 Å². The molecular weight excluding hydrogens is 435 g/mol. The van der Waals surface area contributed by atoms with Crippen molar-refractivity contribution in [3.8, 4) is 0 Å². The smallest absolute Gasteiger partial charge is 0.348 e. The zero-order valence-corrected chi connectivity index (χ0v) is 18.6. The van der Waals surface area contributed by atoms with E-state index in [1.807, 2.05) is 6.92 Å². The van der Waals surface area contributed by atoms with Gasteiger partial charge in [0.05, 0.1) is 29.1 Å². The lowest BCUT2D eigenvalue weighted by atomic mass is 10.1. The van der Waals surface area contributed by atoms with Crippen LogP contribution in [0.15, 0.2) is 64.8 Å². The van der Waals surface area contributed by atoms with Crippen LogP contribution in [0.1, 0.15) is 37.1 Å². The fraction of sp³-hybridized carbons (Fsp3) is 0.348. The van der Waals surface area contributed by atoms with Crippen LogP contribution in [0, 0.1) is 5.82 Å². The number of benzene rings is 1. The summed E-state index contributed by atoms with van der Waals surface area (Å²) in [5, 5.41) is 13.1. The second kappa shape index (κ2) is 11.2. The Kier molecular flexibility index (Phi) is 8.33. The number of rotatable bonds is 8. The average molecular weight is 461 g/mol. The molecule has 1 aliphatic rings. The van der Waals surface area contributed by atoms with Crippen LogP contribution in [-0.4, -0.2) is 46.2 Å². The first kappa shape index (κ1) is 23.8. The van der Waals surface area contributed by atoms with E-state index in [0.717, 1.165) is 12.8 Å². The summed E-state index contributed by atoms with van der Waals surface area (Å²) in [5.74, 6) is -0.154. The number of aromatic nitrogens is 2. The first-order valence-electron chi connectivity index (χ1n) is 10.3. The van der Waals surface area contributed by atoms with Crippen molar-refractivity contribution < 1.29 is 14.2 Å². The molecular formula is C23H26ClFN4O3. The summed E-state index contributed by atoms with van der Waals surface area (Å²) >= 11 is 5.74. The Morgan fingerprint density at radius 1 is 1.47 bits per heavy atom. The molecule has 2 heterocycles. The predicted molar refractivity (Wildman–Crippen MR) is 123 cm³/mol. The monoisotopic (exact) mass is 460 g/mol. The van der Waals surface area contributed by atoms with Gasteiger partial charge in [0.1, 0.15) is 11.6 Å². The predicted octanol–water partition coefficient (Wildman–Crippen LogP) is 3.22. The molecule has 1 aliphatic heterocycles. The van der Waals surface area contributed by atoms with Gasteiger partial charge in [-0.2, -0.15) is 4.98 Å². The fourth-order valence-electron chi connectivity index (χ4n) is 3.46. The first-order valence-corrected chi connectivity index (χ1v) is 10.7. The Hall–Kier alpha value is -2.81. The molecule has 0 radical (unpaired) electrons. The zero-order valence-electron chi connectivity index (χ0n) is 17.8. The lowest BCUT2D eigenvalue weighted by Crippen LogP contribution is -2.34. The first-order chi connectivity index (χ1) is 15.4. The van der Waals surface area contributed by atoms with Crippen LogP contribution >= 0.6 is 11.6 Å². The zero-order chi connectivity index (χ0) is 23.1. The Morgan fingerprint density at radius 3 is 2.84 bits per heavy atom. The highest BCUT2D eigenvalue weighted by Gasteiger charge is 2.18. The van der Waals surface area contributed by atoms with Gasteiger partial charge in [-0.3, -0.25) is 4.57 Å². The van der Waals surface area contributed by atoms with Gasteiger partial charge in [0, 0.05) is 25.5 Å². The van der Waals surface area contributed by atoms with Crippen LogP contribution in [0.3, 0.4) is 0 Å². The number of aliphatic imine (C=N–C) groups is 1. The fourth-order valence-corrected chi connectivity index (χ4v) is 3.58. The Balaban J connectivity index is 1.86. The molecule has 1 unspecified atom stereocenters. The van der Waals surface area contributed by atoms with Crippen molar-refractivity contribution in [1.82, 2.24) is 14.9 Å². The number of allylic oxidation sites excluding steroid dienone is 2. The van der Waals surface area contributed by atoms with Crippen LogP contribution in [0.5, 0.6) is 0 Å². The Bertz CT molecular complexity index is 1080. The van der Waals surface area contributed by atoms with Gasteiger partial charge in [0.15, 0.2) is 0 Å². The maximum atomic E-state index is 13.9. The summed E-state index contributed by atoms with van der Waals surface area (Å²) in [5.41, 5.74) is 0.636. The van der Waals surface area contributed by atoms with Gasteiger partial charge in [-0.1, -0.05) is 30.3 Å². The van der Waals surface area contributed by atoms with E-state index in [-0.39, 0.29) is 11.1 Å². The van der Waals surface area contributed by atoms with Gasteiger partial charge in [0.2, 0.25) is 0 Å². The van der Waals surface area contributed by atoms with E-state index in [0.29, 0.717) is 36.0 Å². The van der Waals surface area contributed by atoms with Crippen molar-refractivity contribution in [2.75, 3.05) is 19.8 Å². The van der Waals surface area contributed by atoms with Gasteiger partial charge in [-0.05, 0) is 49.6 Å². The van der Waals surface area contributed by atoms with Crippen molar-refractivity contribution in [3.05, 3.63) is 87.6 Å². The number of ether oxygens (including phenoxy) is 1. The average Bonchev–Trinajstić information content (AvgIpc) is 2.78. The molecule has 2 N–H and O–H groups in total. The maximum Gasteiger partial charge on any atom is 0.348 e. The summed E-state index contributed by atoms with van der Waals surface area (Å²) < 4.78 is 20.5. The molecule has 1 atom stereocenters. The van der Waals surface area contributed by atoms with Crippen molar-refractivity contribution in [2.45, 2.75) is 31.8 Å². The van der Waals surface area contributed by atoms with E-state index in [9.17, 15) is 14.3 Å². The van der Waals surface area contributed by atoms with E-state index in [1.54, 1.807) is 24.3 Å². The molecule has 3 rings (SSSR count). The molecule has 1 aromatic carbocycles. The minimum atomic E-state index is -0.803. The van der Waals surface area contributed by atoms with E-state index >= 15 is 0 Å². The molecule has 1 saturated heterocycles. The number of aliphatic hydroxyl groups is 1. The SMILES string of the molecule is C=C(/N=C(\C=C/C)c1ccn(C(CO)c2ccc(Cl)c(F)c2)c(=O)n1)NC1CCOCC1. The highest BCUT2D eigenvalue weighted by Crippen LogP contribution is 2.22. The summed E-state index contributed by atoms with van der Waals surface area (Å²) in [6.45, 7) is 6.78. The molecule has 9 heteroatoms. The van der Waals surface area contributed by atoms with Crippen molar-refractivity contribution in [1.29, 1.82) is 0 Å². The minimum Gasteiger partial charge on any atom is -0.394 e. The molecule has 2 aromatic rings. The molecule has 1 fully saturated rings. The molecule has 32 heavy (non-hydrogen) atoms. The third-order valence-corrected chi connectivity index (χ3v) is 5.41. The third kappa shape index (κ3) is 5.91. The van der Waals surface area contributed by atoms with E-state index in [4.69, 9.17) is 16.3 Å². The number of halogens is 2. The Labute approximate surface area is 190 Å². The number of hydrogen-bond acceptors (Lipinski definition) is 6. The second-order valence-corrected chi connectivity index (χ2v) is 7.76. The molecule has 0 amide bonds. The number of hydrogen-bond donors (Lipinski definition) is 2. The number of aliphatic hydroxyl groups excluding tert-OH is 1. The van der Waals surface area contributed by atoms with Gasteiger partial charge >= 0.3 is 5.69 Å².